The van der Waals surface area contributed by atoms with E-state index in [-0.39, 0.29) is 0 Å². The molecule has 0 saturated heterocycles. The van der Waals surface area contributed by atoms with Gasteiger partial charge in [-0.1, -0.05) is 31.9 Å². The van der Waals surface area contributed by atoms with E-state index in [1.165, 1.54) is 0 Å². The molecule has 0 saturated carbocycles. The van der Waals surface area contributed by atoms with Gasteiger partial charge in [0.15, 0.2) is 0 Å². The Morgan fingerprint density at radius 1 is 0.889 bits per heavy atom. The van der Waals surface area contributed by atoms with Crippen LogP contribution >= 0.6 is 31.9 Å². The SMILES string of the molecule is BrCCBr.[CH3][Pb]([CH3])([CH3])[CH3]. The molecule has 0 heterocycles. The van der Waals surface area contributed by atoms with Gasteiger partial charge in [0, 0.05) is 10.7 Å². The van der Waals surface area contributed by atoms with E-state index in [0.717, 1.165) is 10.7 Å². The number of hydrogen-bond acceptors (Lipinski definition) is 0. The van der Waals surface area contributed by atoms with E-state index >= 15 is 0 Å². The van der Waals surface area contributed by atoms with E-state index in [9.17, 15) is 0 Å². The molecule has 0 spiro atoms. The average Bonchev–Trinajstić information content (AvgIpc) is 1.61. The number of alkyl halides is 2. The molecule has 0 radical (unpaired) electrons. The Morgan fingerprint density at radius 2 is 1.00 bits per heavy atom. The number of halogens is 2. The van der Waals surface area contributed by atoms with E-state index in [1.54, 1.807) is 0 Å². The van der Waals surface area contributed by atoms with E-state index in [1.807, 2.05) is 0 Å². The zero-order valence-corrected chi connectivity index (χ0v) is 13.7. The van der Waals surface area contributed by atoms with Gasteiger partial charge in [-0.15, -0.1) is 0 Å². The van der Waals surface area contributed by atoms with Crippen LogP contribution in [0.15, 0.2) is 0 Å². The van der Waals surface area contributed by atoms with Gasteiger partial charge in [0.25, 0.3) is 0 Å². The molecule has 0 aliphatic heterocycles. The molecule has 58 valence electrons. The van der Waals surface area contributed by atoms with E-state index in [2.05, 4.69) is 49.8 Å². The minimum atomic E-state index is -1.28. The molecule has 0 aliphatic rings. The molecule has 0 fully saturated rings. The van der Waals surface area contributed by atoms with Crippen LogP contribution in [0.3, 0.4) is 0 Å². The van der Waals surface area contributed by atoms with E-state index in [0.29, 0.717) is 0 Å². The Hall–Kier alpha value is 1.88. The van der Waals surface area contributed by atoms with Gasteiger partial charge in [-0.05, 0) is 0 Å². The summed E-state index contributed by atoms with van der Waals surface area (Å²) in [4.78, 5) is 0. The van der Waals surface area contributed by atoms with Gasteiger partial charge in [0.1, 0.15) is 0 Å². The first-order valence-corrected chi connectivity index (χ1v) is 20.8. The zero-order chi connectivity index (χ0) is 7.91. The quantitative estimate of drug-likeness (QED) is 0.418. The summed E-state index contributed by atoms with van der Waals surface area (Å²) in [6.07, 6.45) is 0. The van der Waals surface area contributed by atoms with Gasteiger partial charge in [0.05, 0.1) is 0 Å². The van der Waals surface area contributed by atoms with Crippen molar-refractivity contribution in [2.45, 2.75) is 17.9 Å². The van der Waals surface area contributed by atoms with Crippen LogP contribution in [-0.2, 0) is 0 Å². The molecule has 0 amide bonds. The molecule has 0 aromatic heterocycles. The first kappa shape index (κ1) is 13.5. The van der Waals surface area contributed by atoms with Crippen LogP contribution in [0.5, 0.6) is 0 Å². The topological polar surface area (TPSA) is 0 Å². The van der Waals surface area contributed by atoms with Gasteiger partial charge >= 0.3 is 39.1 Å². The van der Waals surface area contributed by atoms with Crippen molar-refractivity contribution < 1.29 is 0 Å². The molecule has 0 unspecified atom stereocenters. The summed E-state index contributed by atoms with van der Waals surface area (Å²) in [5.41, 5.74) is 0. The van der Waals surface area contributed by atoms with Crippen molar-refractivity contribution in [3.63, 3.8) is 0 Å². The van der Waals surface area contributed by atoms with Crippen molar-refractivity contribution in [1.29, 1.82) is 0 Å². The summed E-state index contributed by atoms with van der Waals surface area (Å²) in [7, 11) is 0. The van der Waals surface area contributed by atoms with Crippen molar-refractivity contribution in [2.24, 2.45) is 0 Å². The maximum atomic E-state index is 3.20. The van der Waals surface area contributed by atoms with E-state index < -0.39 is 21.2 Å². The Morgan fingerprint density at radius 3 is 1.00 bits per heavy atom. The third kappa shape index (κ3) is 73.9. The molecule has 0 nitrogen and oxygen atoms in total. The van der Waals surface area contributed by atoms with Crippen molar-refractivity contribution in [1.82, 2.24) is 0 Å². The predicted molar refractivity (Wildman–Crippen MR) is 56.8 cm³/mol. The van der Waals surface area contributed by atoms with Crippen LogP contribution < -0.4 is 0 Å². The monoisotopic (exact) mass is 454 g/mol. The zero-order valence-electron chi connectivity index (χ0n) is 6.67. The average molecular weight is 455 g/mol. The predicted octanol–water partition coefficient (Wildman–Crippen LogP) is 3.73. The third-order valence-electron chi connectivity index (χ3n) is 0.0714. The maximum absolute atomic E-state index is 3.20. The van der Waals surface area contributed by atoms with Gasteiger partial charge in [-0.25, -0.2) is 0 Å². The van der Waals surface area contributed by atoms with Crippen LogP contribution in [0.2, 0.25) is 17.9 Å². The summed E-state index contributed by atoms with van der Waals surface area (Å²) in [6, 6.07) is 0. The number of hydrogen-bond donors (Lipinski definition) is 0. The first-order valence-electron chi connectivity index (χ1n) is 3.03. The molecular weight excluding hydrogens is 439 g/mol. The van der Waals surface area contributed by atoms with Crippen LogP contribution in [0.25, 0.3) is 0 Å². The summed E-state index contributed by atoms with van der Waals surface area (Å²) >= 11 is 5.12. The second-order valence-electron chi connectivity index (χ2n) is 3.38. The van der Waals surface area contributed by atoms with Gasteiger partial charge in [0.2, 0.25) is 0 Å². The second kappa shape index (κ2) is 7.98. The second-order valence-corrected chi connectivity index (χ2v) is 28.3. The fraction of sp³-hybridized carbons (Fsp3) is 1.00. The molecule has 0 N–H and O–H groups in total. The van der Waals surface area contributed by atoms with Crippen LogP contribution in [-0.4, -0.2) is 31.8 Å². The molecule has 0 atom stereocenters. The standard InChI is InChI=1S/C2H4Br2.4CH3.Pb/c3-1-2-4;;;;;/h1-2H2;4*1H3;. The summed E-state index contributed by atoms with van der Waals surface area (Å²) in [6.45, 7) is 0. The van der Waals surface area contributed by atoms with Gasteiger partial charge < -0.3 is 0 Å². The Labute approximate surface area is 80.7 Å². The van der Waals surface area contributed by atoms with Crippen LogP contribution in [0, 0.1) is 0 Å². The molecule has 0 rings (SSSR count). The summed E-state index contributed by atoms with van der Waals surface area (Å²) in [5, 5.41) is 2.10. The molecule has 0 bridgehead atoms. The Kier molecular flexibility index (Phi) is 11.9. The van der Waals surface area contributed by atoms with Crippen LogP contribution in [0.4, 0.5) is 0 Å². The first-order chi connectivity index (χ1) is 3.91. The molecule has 9 heavy (non-hydrogen) atoms. The number of rotatable bonds is 1. The fourth-order valence-corrected chi connectivity index (χ4v) is 0. The van der Waals surface area contributed by atoms with Crippen molar-refractivity contribution in [3.05, 3.63) is 0 Å². The molecule has 0 aliphatic carbocycles. The van der Waals surface area contributed by atoms with Crippen molar-refractivity contribution in [2.75, 3.05) is 10.7 Å². The van der Waals surface area contributed by atoms with Crippen LogP contribution in [0.1, 0.15) is 0 Å². The van der Waals surface area contributed by atoms with Gasteiger partial charge in [-0.2, -0.15) is 0 Å². The molecule has 0 aromatic carbocycles. The fourth-order valence-electron chi connectivity index (χ4n) is 0. The summed E-state index contributed by atoms with van der Waals surface area (Å²) in [5.74, 6) is 0. The van der Waals surface area contributed by atoms with Crippen molar-refractivity contribution in [3.8, 4) is 0 Å². The van der Waals surface area contributed by atoms with Crippen molar-refractivity contribution >= 4 is 53.0 Å². The Bertz CT molecular complexity index is 41.5. The molecular formula is C6H16Br2Pb. The Balaban J connectivity index is 0. The molecule has 0 aromatic rings. The molecule has 3 heteroatoms. The summed E-state index contributed by atoms with van der Waals surface area (Å²) < 4.78 is 9.64. The minimum absolute atomic E-state index is 1.05. The van der Waals surface area contributed by atoms with Gasteiger partial charge in [-0.3, -0.25) is 0 Å². The third-order valence-corrected chi connectivity index (χ3v) is 1.93. The van der Waals surface area contributed by atoms with E-state index in [4.69, 9.17) is 0 Å². The normalized spacial score (nSPS) is 10.0.